The highest BCUT2D eigenvalue weighted by atomic mass is 19.1. The van der Waals surface area contributed by atoms with E-state index in [1.165, 1.54) is 17.7 Å². The van der Waals surface area contributed by atoms with Gasteiger partial charge in [-0.2, -0.15) is 0 Å². The minimum absolute atomic E-state index is 0.0557. The van der Waals surface area contributed by atoms with E-state index in [0.717, 1.165) is 48.9 Å². The number of nitrogens with zero attached hydrogens (tertiary/aromatic N) is 2. The molecule has 144 valence electrons. The third-order valence-corrected chi connectivity index (χ3v) is 5.60. The number of hydrogen-bond acceptors (Lipinski definition) is 3. The first-order valence-corrected chi connectivity index (χ1v) is 9.65. The first-order chi connectivity index (χ1) is 13.5. The lowest BCUT2D eigenvalue weighted by Crippen LogP contribution is -2.52. The molecule has 1 aliphatic heterocycles. The Morgan fingerprint density at radius 3 is 2.61 bits per heavy atom. The average Bonchev–Trinajstić information content (AvgIpc) is 2.69. The molecule has 28 heavy (non-hydrogen) atoms. The van der Waals surface area contributed by atoms with Crippen LogP contribution in [0.3, 0.4) is 0 Å². The topological polar surface area (TPSA) is 45.2 Å². The zero-order chi connectivity index (χ0) is 19.6. The Kier molecular flexibility index (Phi) is 5.09. The van der Waals surface area contributed by atoms with Crippen LogP contribution in [0.5, 0.6) is 0 Å². The predicted molar refractivity (Wildman–Crippen MR) is 108 cm³/mol. The Balaban J connectivity index is 1.49. The Morgan fingerprint density at radius 1 is 1.14 bits per heavy atom. The lowest BCUT2D eigenvalue weighted by atomic mass is 9.80. The molecule has 0 radical (unpaired) electrons. The van der Waals surface area contributed by atoms with Gasteiger partial charge in [-0.1, -0.05) is 24.3 Å². The molecule has 3 aromatic rings. The smallest absolute Gasteiger partial charge is 0.217 e. The summed E-state index contributed by atoms with van der Waals surface area (Å²) in [5.41, 5.74) is 2.81. The Morgan fingerprint density at radius 2 is 1.89 bits per heavy atom. The van der Waals surface area contributed by atoms with Crippen LogP contribution in [0.4, 0.5) is 4.39 Å². The highest BCUT2D eigenvalue weighted by molar-refractivity contribution is 5.78. The van der Waals surface area contributed by atoms with E-state index in [0.29, 0.717) is 0 Å². The third kappa shape index (κ3) is 3.90. The fraction of sp³-hybridized carbons (Fsp3) is 0.304. The van der Waals surface area contributed by atoms with E-state index in [1.54, 1.807) is 19.1 Å². The van der Waals surface area contributed by atoms with Gasteiger partial charge in [0.05, 0.1) is 11.1 Å². The maximum atomic E-state index is 13.4. The SMILES string of the molecule is CC(=O)NC1(c2ccc(F)cc2)CCN(Cc2ccc3ncccc3c2)CC1. The molecule has 0 unspecified atom stereocenters. The molecule has 1 N–H and O–H groups in total. The molecule has 0 atom stereocenters. The molecule has 1 amide bonds. The zero-order valence-electron chi connectivity index (χ0n) is 16.0. The molecule has 1 fully saturated rings. The van der Waals surface area contributed by atoms with Crippen molar-refractivity contribution >= 4 is 16.8 Å². The lowest BCUT2D eigenvalue weighted by molar-refractivity contribution is -0.121. The van der Waals surface area contributed by atoms with Crippen molar-refractivity contribution in [3.8, 4) is 0 Å². The van der Waals surface area contributed by atoms with Crippen LogP contribution in [-0.2, 0) is 16.9 Å². The molecular weight excluding hydrogens is 353 g/mol. The van der Waals surface area contributed by atoms with E-state index in [-0.39, 0.29) is 11.7 Å². The van der Waals surface area contributed by atoms with Gasteiger partial charge in [0.1, 0.15) is 5.82 Å². The number of likely N-dealkylation sites (tertiary alicyclic amines) is 1. The van der Waals surface area contributed by atoms with Crippen molar-refractivity contribution in [1.29, 1.82) is 0 Å². The Labute approximate surface area is 164 Å². The lowest BCUT2D eigenvalue weighted by Gasteiger charge is -2.42. The van der Waals surface area contributed by atoms with Crippen LogP contribution in [0.25, 0.3) is 10.9 Å². The molecule has 0 spiro atoms. The van der Waals surface area contributed by atoms with E-state index < -0.39 is 5.54 Å². The fourth-order valence-electron chi connectivity index (χ4n) is 4.17. The van der Waals surface area contributed by atoms with E-state index in [1.807, 2.05) is 12.3 Å². The number of rotatable bonds is 4. The molecule has 4 nitrogen and oxygen atoms in total. The molecular formula is C23H24FN3O. The van der Waals surface area contributed by atoms with Crippen molar-refractivity contribution in [1.82, 2.24) is 15.2 Å². The van der Waals surface area contributed by atoms with Gasteiger partial charge in [-0.25, -0.2) is 4.39 Å². The number of carbonyl (C=O) groups is 1. The number of hydrogen-bond donors (Lipinski definition) is 1. The van der Waals surface area contributed by atoms with Gasteiger partial charge >= 0.3 is 0 Å². The van der Waals surface area contributed by atoms with E-state index >= 15 is 0 Å². The van der Waals surface area contributed by atoms with Crippen molar-refractivity contribution in [2.24, 2.45) is 0 Å². The van der Waals surface area contributed by atoms with Gasteiger partial charge in [-0.15, -0.1) is 0 Å². The highest BCUT2D eigenvalue weighted by Gasteiger charge is 2.36. The van der Waals surface area contributed by atoms with Gasteiger partial charge in [0.2, 0.25) is 5.91 Å². The first kappa shape index (κ1) is 18.6. The molecule has 0 bridgehead atoms. The number of piperidine rings is 1. The standard InChI is InChI=1S/C23H24FN3O/c1-17(28)26-23(20-5-7-21(24)8-6-20)10-13-27(14-11-23)16-18-4-9-22-19(15-18)3-2-12-25-22/h2-9,12,15H,10-11,13-14,16H2,1H3,(H,26,28). The molecule has 1 aromatic heterocycles. The summed E-state index contributed by atoms with van der Waals surface area (Å²) < 4.78 is 13.4. The fourth-order valence-corrected chi connectivity index (χ4v) is 4.17. The number of aromatic nitrogens is 1. The van der Waals surface area contributed by atoms with Crippen LogP contribution < -0.4 is 5.32 Å². The number of carbonyl (C=O) groups excluding carboxylic acids is 1. The number of nitrogens with one attached hydrogen (secondary N) is 1. The van der Waals surface area contributed by atoms with Crippen LogP contribution in [0, 0.1) is 5.82 Å². The van der Waals surface area contributed by atoms with Gasteiger partial charge in [-0.3, -0.25) is 14.7 Å². The summed E-state index contributed by atoms with van der Waals surface area (Å²) >= 11 is 0. The Bertz CT molecular complexity index is 979. The second-order valence-corrected chi connectivity index (χ2v) is 7.58. The second-order valence-electron chi connectivity index (χ2n) is 7.58. The van der Waals surface area contributed by atoms with Gasteiger partial charge in [0.25, 0.3) is 0 Å². The number of fused-ring (bicyclic) bond motifs is 1. The highest BCUT2D eigenvalue weighted by Crippen LogP contribution is 2.34. The van der Waals surface area contributed by atoms with Gasteiger partial charge < -0.3 is 5.32 Å². The molecule has 1 aliphatic rings. The van der Waals surface area contributed by atoms with Crippen molar-refractivity contribution in [2.75, 3.05) is 13.1 Å². The number of pyridine rings is 1. The van der Waals surface area contributed by atoms with Crippen molar-refractivity contribution in [3.63, 3.8) is 0 Å². The molecule has 4 rings (SSSR count). The summed E-state index contributed by atoms with van der Waals surface area (Å²) in [6.07, 6.45) is 3.41. The summed E-state index contributed by atoms with van der Waals surface area (Å²) in [4.78, 5) is 18.6. The normalized spacial score (nSPS) is 16.8. The molecule has 1 saturated heterocycles. The minimum Gasteiger partial charge on any atom is -0.347 e. The summed E-state index contributed by atoms with van der Waals surface area (Å²) in [6.45, 7) is 4.14. The van der Waals surface area contributed by atoms with Gasteiger partial charge in [0.15, 0.2) is 0 Å². The number of benzene rings is 2. The van der Waals surface area contributed by atoms with Gasteiger partial charge in [-0.05, 0) is 54.3 Å². The summed E-state index contributed by atoms with van der Waals surface area (Å²) in [6, 6.07) is 16.9. The summed E-state index contributed by atoms with van der Waals surface area (Å²) in [7, 11) is 0. The monoisotopic (exact) mass is 377 g/mol. The van der Waals surface area contributed by atoms with Crippen molar-refractivity contribution < 1.29 is 9.18 Å². The van der Waals surface area contributed by atoms with Crippen LogP contribution in [-0.4, -0.2) is 28.9 Å². The van der Waals surface area contributed by atoms with E-state index in [4.69, 9.17) is 0 Å². The van der Waals surface area contributed by atoms with Crippen LogP contribution in [0.2, 0.25) is 0 Å². The van der Waals surface area contributed by atoms with Crippen LogP contribution >= 0.6 is 0 Å². The average molecular weight is 377 g/mol. The van der Waals surface area contributed by atoms with Crippen molar-refractivity contribution in [3.05, 3.63) is 77.7 Å². The van der Waals surface area contributed by atoms with Crippen LogP contribution in [0.15, 0.2) is 60.8 Å². The predicted octanol–water partition coefficient (Wildman–Crippen LogP) is 4.00. The third-order valence-electron chi connectivity index (χ3n) is 5.60. The number of amides is 1. The van der Waals surface area contributed by atoms with E-state index in [9.17, 15) is 9.18 Å². The summed E-state index contributed by atoms with van der Waals surface area (Å²) in [5.74, 6) is -0.315. The molecule has 2 heterocycles. The maximum absolute atomic E-state index is 13.4. The minimum atomic E-state index is -0.427. The largest absolute Gasteiger partial charge is 0.347 e. The molecule has 0 saturated carbocycles. The zero-order valence-corrected chi connectivity index (χ0v) is 16.0. The van der Waals surface area contributed by atoms with Crippen molar-refractivity contribution in [2.45, 2.75) is 31.8 Å². The Hall–Kier alpha value is -2.79. The number of halogens is 1. The molecule has 5 heteroatoms. The first-order valence-electron chi connectivity index (χ1n) is 9.65. The maximum Gasteiger partial charge on any atom is 0.217 e. The molecule has 0 aliphatic carbocycles. The quantitative estimate of drug-likeness (QED) is 0.747. The van der Waals surface area contributed by atoms with Gasteiger partial charge in [0, 0.05) is 38.1 Å². The second kappa shape index (κ2) is 7.68. The van der Waals surface area contributed by atoms with E-state index in [2.05, 4.69) is 39.5 Å². The molecule has 2 aromatic carbocycles. The summed E-state index contributed by atoms with van der Waals surface area (Å²) in [5, 5.41) is 4.29. The van der Waals surface area contributed by atoms with Crippen LogP contribution in [0.1, 0.15) is 30.9 Å².